The molecule has 0 aromatic heterocycles. The van der Waals surface area contributed by atoms with Crippen LogP contribution in [0.1, 0.15) is 25.0 Å². The fraction of sp³-hybridized carbons (Fsp3) is 0.250. The smallest absolute Gasteiger partial charge is 0.115 e. The van der Waals surface area contributed by atoms with Crippen molar-refractivity contribution in [3.8, 4) is 5.75 Å². The summed E-state index contributed by atoms with van der Waals surface area (Å²) in [6.07, 6.45) is 0. The molecule has 1 N–H and O–H groups in total. The lowest BCUT2D eigenvalue weighted by Crippen LogP contribution is -1.70. The molecule has 0 bridgehead atoms. The summed E-state index contributed by atoms with van der Waals surface area (Å²) in [6.45, 7) is 8.19. The third-order valence-corrected chi connectivity index (χ3v) is 1.97. The monoisotopic (exact) mass is 230 g/mol. The Labute approximate surface area is 105 Å². The van der Waals surface area contributed by atoms with Crippen molar-refractivity contribution in [2.45, 2.75) is 27.7 Å². The molecule has 1 nitrogen and oxygen atoms in total. The van der Waals surface area contributed by atoms with Gasteiger partial charge in [-0.3, -0.25) is 0 Å². The molecule has 2 rings (SSSR count). The van der Waals surface area contributed by atoms with Crippen molar-refractivity contribution in [3.05, 3.63) is 65.7 Å². The van der Waals surface area contributed by atoms with Crippen molar-refractivity contribution in [1.29, 1.82) is 0 Å². The topological polar surface area (TPSA) is 20.2 Å². The molecule has 0 aliphatic rings. The van der Waals surface area contributed by atoms with Crippen LogP contribution in [0.25, 0.3) is 0 Å². The van der Waals surface area contributed by atoms with Gasteiger partial charge in [-0.15, -0.1) is 0 Å². The zero-order chi connectivity index (χ0) is 13.1. The average Bonchev–Trinajstić information content (AvgIpc) is 2.37. The lowest BCUT2D eigenvalue weighted by atomic mass is 10.2. The fourth-order valence-electron chi connectivity index (χ4n) is 1.06. The van der Waals surface area contributed by atoms with E-state index < -0.39 is 0 Å². The number of aryl methyl sites for hydroxylation is 2. The molecule has 0 heterocycles. The molecular formula is C16H22O. The first-order valence-electron chi connectivity index (χ1n) is 5.96. The normalized spacial score (nSPS) is 8.24. The summed E-state index contributed by atoms with van der Waals surface area (Å²) in [4.78, 5) is 0. The van der Waals surface area contributed by atoms with E-state index in [0.717, 1.165) is 0 Å². The number of benzene rings is 2. The molecule has 0 atom stereocenters. The van der Waals surface area contributed by atoms with Gasteiger partial charge in [0.2, 0.25) is 0 Å². The molecule has 2 aromatic carbocycles. The van der Waals surface area contributed by atoms with Gasteiger partial charge in [-0.1, -0.05) is 67.4 Å². The molecule has 0 radical (unpaired) electrons. The third-order valence-electron chi connectivity index (χ3n) is 1.97. The number of aromatic hydroxyl groups is 1. The Hall–Kier alpha value is -1.76. The van der Waals surface area contributed by atoms with Crippen LogP contribution in [0.4, 0.5) is 0 Å². The van der Waals surface area contributed by atoms with Gasteiger partial charge in [-0.25, -0.2) is 0 Å². The van der Waals surface area contributed by atoms with Gasteiger partial charge < -0.3 is 5.11 Å². The van der Waals surface area contributed by atoms with E-state index in [0.29, 0.717) is 5.75 Å². The first-order chi connectivity index (χ1) is 8.18. The van der Waals surface area contributed by atoms with Crippen LogP contribution in [-0.2, 0) is 0 Å². The van der Waals surface area contributed by atoms with Crippen molar-refractivity contribution < 1.29 is 5.11 Å². The van der Waals surface area contributed by atoms with Crippen LogP contribution in [0.5, 0.6) is 5.75 Å². The number of hydrogen-bond acceptors (Lipinski definition) is 1. The minimum Gasteiger partial charge on any atom is -0.508 e. The number of hydrogen-bond donors (Lipinski definition) is 1. The van der Waals surface area contributed by atoms with Crippen LogP contribution in [0.2, 0.25) is 0 Å². The maximum Gasteiger partial charge on any atom is 0.115 e. The zero-order valence-corrected chi connectivity index (χ0v) is 11.1. The minimum atomic E-state index is 0.322. The van der Waals surface area contributed by atoms with Crippen molar-refractivity contribution in [2.75, 3.05) is 0 Å². The fourth-order valence-corrected chi connectivity index (χ4v) is 1.06. The van der Waals surface area contributed by atoms with E-state index in [1.807, 2.05) is 19.9 Å². The van der Waals surface area contributed by atoms with Crippen LogP contribution in [-0.4, -0.2) is 5.11 Å². The zero-order valence-electron chi connectivity index (χ0n) is 11.1. The summed E-state index contributed by atoms with van der Waals surface area (Å²) in [5.74, 6) is 0.322. The van der Waals surface area contributed by atoms with E-state index in [1.54, 1.807) is 24.3 Å². The van der Waals surface area contributed by atoms with Gasteiger partial charge in [-0.2, -0.15) is 0 Å². The molecule has 0 amide bonds. The average molecular weight is 230 g/mol. The summed E-state index contributed by atoms with van der Waals surface area (Å²) in [5.41, 5.74) is 2.66. The predicted octanol–water partition coefficient (Wildman–Crippen LogP) is 4.72. The molecule has 0 spiro atoms. The Morgan fingerprint density at radius 1 is 0.647 bits per heavy atom. The summed E-state index contributed by atoms with van der Waals surface area (Å²) < 4.78 is 0. The van der Waals surface area contributed by atoms with Gasteiger partial charge in [0.1, 0.15) is 5.75 Å². The van der Waals surface area contributed by atoms with E-state index in [-0.39, 0.29) is 0 Å². The van der Waals surface area contributed by atoms with Gasteiger partial charge in [0, 0.05) is 0 Å². The predicted molar refractivity (Wildman–Crippen MR) is 75.4 cm³/mol. The van der Waals surface area contributed by atoms with E-state index in [2.05, 4.69) is 38.1 Å². The Morgan fingerprint density at radius 3 is 1.24 bits per heavy atom. The molecule has 0 fully saturated rings. The molecule has 0 unspecified atom stereocenters. The maximum absolute atomic E-state index is 8.63. The van der Waals surface area contributed by atoms with Crippen molar-refractivity contribution in [2.24, 2.45) is 0 Å². The van der Waals surface area contributed by atoms with Gasteiger partial charge in [0.25, 0.3) is 0 Å². The second kappa shape index (κ2) is 9.46. The highest BCUT2D eigenvalue weighted by Crippen LogP contribution is 2.02. The molecule has 2 aromatic rings. The van der Waals surface area contributed by atoms with E-state index in [9.17, 15) is 0 Å². The number of phenols is 1. The van der Waals surface area contributed by atoms with Crippen molar-refractivity contribution in [3.63, 3.8) is 0 Å². The molecule has 17 heavy (non-hydrogen) atoms. The molecule has 0 saturated heterocycles. The van der Waals surface area contributed by atoms with Crippen LogP contribution < -0.4 is 0 Å². The highest BCUT2D eigenvalue weighted by atomic mass is 16.3. The minimum absolute atomic E-state index is 0.322. The lowest BCUT2D eigenvalue weighted by Gasteiger charge is -1.90. The quantitative estimate of drug-likeness (QED) is 0.694. The molecule has 92 valence electrons. The molecule has 0 aliphatic carbocycles. The van der Waals surface area contributed by atoms with Crippen molar-refractivity contribution >= 4 is 0 Å². The van der Waals surface area contributed by atoms with Crippen LogP contribution >= 0.6 is 0 Å². The summed E-state index contributed by atoms with van der Waals surface area (Å²) in [7, 11) is 0. The molecular weight excluding hydrogens is 208 g/mol. The van der Waals surface area contributed by atoms with Crippen LogP contribution in [0.15, 0.2) is 54.6 Å². The first-order valence-corrected chi connectivity index (χ1v) is 5.96. The second-order valence-corrected chi connectivity index (χ2v) is 3.49. The summed E-state index contributed by atoms with van der Waals surface area (Å²) in [6, 6.07) is 17.2. The molecule has 1 heteroatoms. The standard InChI is InChI=1S/C8H10.C6H6O.C2H6/c1-7-3-5-8(2)6-4-7;7-6-4-2-1-3-5-6;1-2/h3-6H,1-2H3;1-5,7H;1-2H3. The second-order valence-electron chi connectivity index (χ2n) is 3.49. The van der Waals surface area contributed by atoms with E-state index in [1.165, 1.54) is 11.1 Å². The van der Waals surface area contributed by atoms with Crippen LogP contribution in [0.3, 0.4) is 0 Å². The van der Waals surface area contributed by atoms with Gasteiger partial charge in [0.05, 0.1) is 0 Å². The number of para-hydroxylation sites is 1. The Balaban J connectivity index is 0.000000265. The molecule has 0 saturated carbocycles. The lowest BCUT2D eigenvalue weighted by molar-refractivity contribution is 0.475. The first kappa shape index (κ1) is 15.2. The van der Waals surface area contributed by atoms with Gasteiger partial charge in [0.15, 0.2) is 0 Å². The highest BCUT2D eigenvalue weighted by Gasteiger charge is 1.79. The summed E-state index contributed by atoms with van der Waals surface area (Å²) >= 11 is 0. The Bertz CT molecular complexity index is 355. The van der Waals surface area contributed by atoms with Gasteiger partial charge >= 0.3 is 0 Å². The summed E-state index contributed by atoms with van der Waals surface area (Å²) in [5, 5.41) is 8.63. The van der Waals surface area contributed by atoms with Crippen LogP contribution in [0, 0.1) is 13.8 Å². The maximum atomic E-state index is 8.63. The Morgan fingerprint density at radius 2 is 1.00 bits per heavy atom. The van der Waals surface area contributed by atoms with Gasteiger partial charge in [-0.05, 0) is 26.0 Å². The Kier molecular flexibility index (Phi) is 8.48. The molecule has 0 aliphatic heterocycles. The number of rotatable bonds is 0. The SMILES string of the molecule is CC.Cc1ccc(C)cc1.Oc1ccccc1. The van der Waals surface area contributed by atoms with E-state index >= 15 is 0 Å². The number of phenolic OH excluding ortho intramolecular Hbond substituents is 1. The van der Waals surface area contributed by atoms with Crippen molar-refractivity contribution in [1.82, 2.24) is 0 Å². The third kappa shape index (κ3) is 8.09. The largest absolute Gasteiger partial charge is 0.508 e. The van der Waals surface area contributed by atoms with E-state index in [4.69, 9.17) is 5.11 Å². The highest BCUT2D eigenvalue weighted by molar-refractivity contribution is 5.19.